The highest BCUT2D eigenvalue weighted by molar-refractivity contribution is 5.89. The van der Waals surface area contributed by atoms with Crippen LogP contribution in [-0.2, 0) is 11.3 Å². The Hall–Kier alpha value is -2.04. The van der Waals surface area contributed by atoms with E-state index in [4.69, 9.17) is 4.74 Å². The molecule has 2 N–H and O–H groups in total. The number of carbonyl (C=O) groups excluding carboxylic acids is 1. The molecule has 5 heteroatoms. The van der Waals surface area contributed by atoms with E-state index >= 15 is 0 Å². The lowest BCUT2D eigenvalue weighted by Gasteiger charge is -2.20. The first kappa shape index (κ1) is 19.0. The average Bonchev–Trinajstić information content (AvgIpc) is 2.53. The van der Waals surface area contributed by atoms with Gasteiger partial charge in [0, 0.05) is 12.6 Å². The van der Waals surface area contributed by atoms with Crippen molar-refractivity contribution in [3.63, 3.8) is 0 Å². The number of ether oxygens (including phenoxy) is 1. The van der Waals surface area contributed by atoms with Crippen molar-refractivity contribution in [1.82, 2.24) is 10.6 Å². The highest BCUT2D eigenvalue weighted by Gasteiger charge is 2.09. The molecule has 1 atom stereocenters. The lowest BCUT2D eigenvalue weighted by molar-refractivity contribution is 0.0526. The molecule has 0 heterocycles. The van der Waals surface area contributed by atoms with Crippen molar-refractivity contribution in [3.05, 3.63) is 35.4 Å². The van der Waals surface area contributed by atoms with Gasteiger partial charge in [-0.1, -0.05) is 26.0 Å². The number of rotatable bonds is 7. The summed E-state index contributed by atoms with van der Waals surface area (Å²) < 4.78 is 4.98. The first-order valence-corrected chi connectivity index (χ1v) is 8.28. The van der Waals surface area contributed by atoms with Gasteiger partial charge in [-0.05, 0) is 44.4 Å². The van der Waals surface area contributed by atoms with Crippen LogP contribution < -0.4 is 10.6 Å². The summed E-state index contributed by atoms with van der Waals surface area (Å²) in [7, 11) is 0. The molecule has 0 aromatic heterocycles. The smallest absolute Gasteiger partial charge is 0.338 e. The first-order valence-electron chi connectivity index (χ1n) is 8.28. The molecule has 1 unspecified atom stereocenters. The summed E-state index contributed by atoms with van der Waals surface area (Å²) in [5.41, 5.74) is 1.62. The molecule has 1 rings (SSSR count). The van der Waals surface area contributed by atoms with E-state index in [0.29, 0.717) is 30.7 Å². The van der Waals surface area contributed by atoms with Crippen molar-refractivity contribution in [2.24, 2.45) is 10.9 Å². The van der Waals surface area contributed by atoms with Crippen LogP contribution in [0.15, 0.2) is 29.3 Å². The van der Waals surface area contributed by atoms with Crippen molar-refractivity contribution >= 4 is 11.9 Å². The van der Waals surface area contributed by atoms with Crippen LogP contribution in [0.3, 0.4) is 0 Å². The summed E-state index contributed by atoms with van der Waals surface area (Å²) in [6, 6.07) is 7.72. The molecule has 23 heavy (non-hydrogen) atoms. The average molecular weight is 319 g/mol. The maximum Gasteiger partial charge on any atom is 0.338 e. The number of hydrogen-bond donors (Lipinski definition) is 2. The Morgan fingerprint density at radius 2 is 1.83 bits per heavy atom. The van der Waals surface area contributed by atoms with Crippen molar-refractivity contribution in [2.75, 3.05) is 13.2 Å². The van der Waals surface area contributed by atoms with E-state index in [-0.39, 0.29) is 5.97 Å². The van der Waals surface area contributed by atoms with Crippen LogP contribution in [0.2, 0.25) is 0 Å². The largest absolute Gasteiger partial charge is 0.462 e. The number of nitrogens with one attached hydrogen (secondary N) is 2. The summed E-state index contributed by atoms with van der Waals surface area (Å²) in [5, 5.41) is 6.65. The predicted octanol–water partition coefficient (Wildman–Crippen LogP) is 2.96. The zero-order chi connectivity index (χ0) is 17.2. The Morgan fingerprint density at radius 1 is 1.17 bits per heavy atom. The summed E-state index contributed by atoms with van der Waals surface area (Å²) in [6.45, 7) is 12.1. The second-order valence-corrected chi connectivity index (χ2v) is 5.79. The SMILES string of the molecule is CCNC(=NCc1ccc(C(=O)OCC)cc1)NC(C)C(C)C. The molecular weight excluding hydrogens is 290 g/mol. The van der Waals surface area contributed by atoms with Gasteiger partial charge in [-0.2, -0.15) is 0 Å². The molecule has 0 saturated heterocycles. The molecule has 0 aliphatic heterocycles. The Labute approximate surface area is 139 Å². The fraction of sp³-hybridized carbons (Fsp3) is 0.556. The molecule has 0 saturated carbocycles. The van der Waals surface area contributed by atoms with Gasteiger partial charge in [-0.3, -0.25) is 0 Å². The van der Waals surface area contributed by atoms with Crippen molar-refractivity contribution in [2.45, 2.75) is 47.2 Å². The Morgan fingerprint density at radius 3 is 2.35 bits per heavy atom. The van der Waals surface area contributed by atoms with E-state index < -0.39 is 0 Å². The number of nitrogens with zero attached hydrogens (tertiary/aromatic N) is 1. The summed E-state index contributed by atoms with van der Waals surface area (Å²) >= 11 is 0. The Bertz CT molecular complexity index is 510. The van der Waals surface area contributed by atoms with Gasteiger partial charge in [0.2, 0.25) is 0 Å². The molecular formula is C18H29N3O2. The van der Waals surface area contributed by atoms with Gasteiger partial charge in [0.1, 0.15) is 0 Å². The van der Waals surface area contributed by atoms with Gasteiger partial charge in [0.05, 0.1) is 18.7 Å². The van der Waals surface area contributed by atoms with Gasteiger partial charge in [-0.25, -0.2) is 9.79 Å². The number of benzene rings is 1. The van der Waals surface area contributed by atoms with Crippen LogP contribution in [0.25, 0.3) is 0 Å². The minimum Gasteiger partial charge on any atom is -0.462 e. The highest BCUT2D eigenvalue weighted by Crippen LogP contribution is 2.07. The van der Waals surface area contributed by atoms with Crippen molar-refractivity contribution in [1.29, 1.82) is 0 Å². The van der Waals surface area contributed by atoms with Crippen LogP contribution in [0.1, 0.15) is 50.5 Å². The lowest BCUT2D eigenvalue weighted by atomic mass is 10.1. The number of esters is 1. The third-order valence-electron chi connectivity index (χ3n) is 3.59. The molecule has 1 aromatic carbocycles. The molecule has 1 aromatic rings. The van der Waals surface area contributed by atoms with Gasteiger partial charge in [0.25, 0.3) is 0 Å². The van der Waals surface area contributed by atoms with E-state index in [0.717, 1.165) is 18.1 Å². The normalized spacial score (nSPS) is 12.9. The number of carbonyl (C=O) groups is 1. The second kappa shape index (κ2) is 9.87. The van der Waals surface area contributed by atoms with Crippen LogP contribution in [0.4, 0.5) is 0 Å². The summed E-state index contributed by atoms with van der Waals surface area (Å²) in [4.78, 5) is 16.2. The molecule has 0 fully saturated rings. The van der Waals surface area contributed by atoms with Gasteiger partial charge < -0.3 is 15.4 Å². The molecule has 5 nitrogen and oxygen atoms in total. The molecule has 0 spiro atoms. The number of hydrogen-bond acceptors (Lipinski definition) is 3. The van der Waals surface area contributed by atoms with E-state index in [1.54, 1.807) is 19.1 Å². The van der Waals surface area contributed by atoms with E-state index in [1.807, 2.05) is 19.1 Å². The lowest BCUT2D eigenvalue weighted by Crippen LogP contribution is -2.44. The maximum atomic E-state index is 11.6. The van der Waals surface area contributed by atoms with Crippen LogP contribution in [0, 0.1) is 5.92 Å². The first-order chi connectivity index (χ1) is 11.0. The highest BCUT2D eigenvalue weighted by atomic mass is 16.5. The van der Waals surface area contributed by atoms with E-state index in [2.05, 4.69) is 36.4 Å². The zero-order valence-corrected chi connectivity index (χ0v) is 14.8. The molecule has 0 radical (unpaired) electrons. The monoisotopic (exact) mass is 319 g/mol. The topological polar surface area (TPSA) is 62.7 Å². The number of aliphatic imine (C=N–C) groups is 1. The van der Waals surface area contributed by atoms with Crippen LogP contribution in [-0.4, -0.2) is 31.1 Å². The molecule has 0 aliphatic rings. The van der Waals surface area contributed by atoms with Crippen LogP contribution in [0.5, 0.6) is 0 Å². The molecule has 0 aliphatic carbocycles. The summed E-state index contributed by atoms with van der Waals surface area (Å²) in [6.07, 6.45) is 0. The Kier molecular flexibility index (Phi) is 8.16. The Balaban J connectivity index is 2.70. The summed E-state index contributed by atoms with van der Waals surface area (Å²) in [5.74, 6) is 1.05. The minimum atomic E-state index is -0.289. The predicted molar refractivity (Wildman–Crippen MR) is 94.6 cm³/mol. The fourth-order valence-electron chi connectivity index (χ4n) is 1.83. The fourth-order valence-corrected chi connectivity index (χ4v) is 1.83. The molecule has 128 valence electrons. The third kappa shape index (κ3) is 6.72. The molecule has 0 amide bonds. The third-order valence-corrected chi connectivity index (χ3v) is 3.59. The van der Waals surface area contributed by atoms with Crippen molar-refractivity contribution < 1.29 is 9.53 Å². The zero-order valence-electron chi connectivity index (χ0n) is 14.8. The second-order valence-electron chi connectivity index (χ2n) is 5.79. The van der Waals surface area contributed by atoms with E-state index in [1.165, 1.54) is 0 Å². The van der Waals surface area contributed by atoms with Gasteiger partial charge >= 0.3 is 5.97 Å². The van der Waals surface area contributed by atoms with E-state index in [9.17, 15) is 4.79 Å². The maximum absolute atomic E-state index is 11.6. The quantitative estimate of drug-likeness (QED) is 0.461. The standard InChI is InChI=1S/C18H29N3O2/c1-6-19-18(21-14(5)13(3)4)20-12-15-8-10-16(11-9-15)17(22)23-7-2/h8-11,13-14H,6-7,12H2,1-5H3,(H2,19,20,21). The van der Waals surface area contributed by atoms with Gasteiger partial charge in [-0.15, -0.1) is 0 Å². The minimum absolute atomic E-state index is 0.289. The van der Waals surface area contributed by atoms with Crippen molar-refractivity contribution in [3.8, 4) is 0 Å². The number of guanidine groups is 1. The van der Waals surface area contributed by atoms with Crippen LogP contribution >= 0.6 is 0 Å². The molecule has 0 bridgehead atoms. The van der Waals surface area contributed by atoms with Gasteiger partial charge in [0.15, 0.2) is 5.96 Å².